The van der Waals surface area contributed by atoms with E-state index in [4.69, 9.17) is 9.72 Å². The van der Waals surface area contributed by atoms with Crippen LogP contribution >= 0.6 is 0 Å². The van der Waals surface area contributed by atoms with E-state index in [1.165, 1.54) is 24.1 Å². The van der Waals surface area contributed by atoms with Gasteiger partial charge in [0.25, 0.3) is 0 Å². The molecule has 1 fully saturated rings. The molecule has 1 N–H and O–H groups in total. The average molecular weight is 291 g/mol. The third-order valence-corrected chi connectivity index (χ3v) is 3.91. The number of pyridine rings is 1. The topological polar surface area (TPSA) is 37.4 Å². The summed E-state index contributed by atoms with van der Waals surface area (Å²) in [5.74, 6) is 1.08. The molecule has 0 spiro atoms. The van der Waals surface area contributed by atoms with Crippen LogP contribution in [-0.2, 0) is 17.7 Å². The fourth-order valence-electron chi connectivity index (χ4n) is 2.44. The maximum atomic E-state index is 5.24. The third-order valence-electron chi connectivity index (χ3n) is 3.91. The smallest absolute Gasteiger partial charge is 0.129 e. The first kappa shape index (κ1) is 16.2. The SMILES string of the molecule is CCc1cc(CNC2CC2)cc(N(CCOC)C(C)C)n1. The molecule has 1 aliphatic carbocycles. The Morgan fingerprint density at radius 1 is 1.38 bits per heavy atom. The summed E-state index contributed by atoms with van der Waals surface area (Å²) in [7, 11) is 1.75. The maximum absolute atomic E-state index is 5.24. The summed E-state index contributed by atoms with van der Waals surface area (Å²) in [5.41, 5.74) is 2.51. The first-order valence-electron chi connectivity index (χ1n) is 8.12. The molecular weight excluding hydrogens is 262 g/mol. The molecule has 0 bridgehead atoms. The lowest BCUT2D eigenvalue weighted by atomic mass is 10.1. The summed E-state index contributed by atoms with van der Waals surface area (Å²) in [6, 6.07) is 5.61. The Labute approximate surface area is 128 Å². The molecule has 0 amide bonds. The van der Waals surface area contributed by atoms with Gasteiger partial charge in [0, 0.05) is 38.0 Å². The Kier molecular flexibility index (Phi) is 6.00. The van der Waals surface area contributed by atoms with Crippen LogP contribution in [0.25, 0.3) is 0 Å². The predicted molar refractivity (Wildman–Crippen MR) is 87.8 cm³/mol. The van der Waals surface area contributed by atoms with Crippen LogP contribution in [0.1, 0.15) is 44.9 Å². The molecule has 1 saturated carbocycles. The van der Waals surface area contributed by atoms with Gasteiger partial charge in [-0.15, -0.1) is 0 Å². The molecular formula is C17H29N3O. The minimum absolute atomic E-state index is 0.420. The monoisotopic (exact) mass is 291 g/mol. The fraction of sp³-hybridized carbons (Fsp3) is 0.706. The van der Waals surface area contributed by atoms with Crippen molar-refractivity contribution in [3.8, 4) is 0 Å². The van der Waals surface area contributed by atoms with E-state index in [9.17, 15) is 0 Å². The van der Waals surface area contributed by atoms with Crippen LogP contribution in [0.2, 0.25) is 0 Å². The van der Waals surface area contributed by atoms with Gasteiger partial charge in [0.15, 0.2) is 0 Å². The van der Waals surface area contributed by atoms with Gasteiger partial charge in [-0.3, -0.25) is 0 Å². The molecule has 118 valence electrons. The van der Waals surface area contributed by atoms with Crippen LogP contribution in [-0.4, -0.2) is 37.3 Å². The standard InChI is InChI=1S/C17H29N3O/c1-5-15-10-14(12-18-16-6-7-16)11-17(19-15)20(13(2)3)8-9-21-4/h10-11,13,16,18H,5-9,12H2,1-4H3. The van der Waals surface area contributed by atoms with E-state index in [-0.39, 0.29) is 0 Å². The van der Waals surface area contributed by atoms with Gasteiger partial charge in [-0.1, -0.05) is 6.92 Å². The van der Waals surface area contributed by atoms with E-state index in [1.807, 2.05) is 0 Å². The Hall–Kier alpha value is -1.13. The Morgan fingerprint density at radius 3 is 2.71 bits per heavy atom. The number of nitrogens with one attached hydrogen (secondary N) is 1. The van der Waals surface area contributed by atoms with Crippen molar-refractivity contribution in [2.45, 2.75) is 58.7 Å². The van der Waals surface area contributed by atoms with Crippen molar-refractivity contribution in [2.24, 2.45) is 0 Å². The van der Waals surface area contributed by atoms with Gasteiger partial charge in [0.1, 0.15) is 5.82 Å². The van der Waals surface area contributed by atoms with Crippen LogP contribution in [0, 0.1) is 0 Å². The second-order valence-corrected chi connectivity index (χ2v) is 6.11. The number of rotatable bonds is 9. The van der Waals surface area contributed by atoms with E-state index < -0.39 is 0 Å². The van der Waals surface area contributed by atoms with Crippen LogP contribution in [0.5, 0.6) is 0 Å². The summed E-state index contributed by atoms with van der Waals surface area (Å²) in [5, 5.41) is 3.59. The van der Waals surface area contributed by atoms with E-state index in [0.29, 0.717) is 6.04 Å². The molecule has 4 heteroatoms. The van der Waals surface area contributed by atoms with Crippen molar-refractivity contribution in [3.05, 3.63) is 23.4 Å². The molecule has 21 heavy (non-hydrogen) atoms. The van der Waals surface area contributed by atoms with Gasteiger partial charge in [0.05, 0.1) is 6.61 Å². The van der Waals surface area contributed by atoms with Crippen molar-refractivity contribution in [1.82, 2.24) is 10.3 Å². The van der Waals surface area contributed by atoms with E-state index >= 15 is 0 Å². The zero-order chi connectivity index (χ0) is 15.2. The summed E-state index contributed by atoms with van der Waals surface area (Å²) in [4.78, 5) is 7.13. The number of anilines is 1. The highest BCUT2D eigenvalue weighted by Crippen LogP contribution is 2.21. The summed E-state index contributed by atoms with van der Waals surface area (Å²) in [6.45, 7) is 9.13. The normalized spacial score (nSPS) is 14.7. The molecule has 0 aromatic carbocycles. The highest BCUT2D eigenvalue weighted by molar-refractivity contribution is 5.43. The Morgan fingerprint density at radius 2 is 2.14 bits per heavy atom. The number of aryl methyl sites for hydroxylation is 1. The number of hydrogen-bond donors (Lipinski definition) is 1. The van der Waals surface area contributed by atoms with Crippen molar-refractivity contribution in [3.63, 3.8) is 0 Å². The number of nitrogens with zero attached hydrogens (tertiary/aromatic N) is 2. The molecule has 0 atom stereocenters. The number of methoxy groups -OCH3 is 1. The molecule has 1 aromatic rings. The largest absolute Gasteiger partial charge is 0.383 e. The van der Waals surface area contributed by atoms with Gasteiger partial charge in [-0.25, -0.2) is 4.98 Å². The van der Waals surface area contributed by atoms with E-state index in [1.54, 1.807) is 7.11 Å². The van der Waals surface area contributed by atoms with Gasteiger partial charge < -0.3 is 15.0 Å². The van der Waals surface area contributed by atoms with Crippen LogP contribution in [0.4, 0.5) is 5.82 Å². The Bertz CT molecular complexity index is 444. The molecule has 1 aromatic heterocycles. The number of ether oxygens (including phenoxy) is 1. The lowest BCUT2D eigenvalue weighted by Crippen LogP contribution is -2.34. The van der Waals surface area contributed by atoms with Crippen molar-refractivity contribution < 1.29 is 4.74 Å². The summed E-state index contributed by atoms with van der Waals surface area (Å²) in [6.07, 6.45) is 3.62. The lowest BCUT2D eigenvalue weighted by molar-refractivity contribution is 0.203. The first-order chi connectivity index (χ1) is 10.1. The van der Waals surface area contributed by atoms with Gasteiger partial charge in [-0.05, 0) is 50.8 Å². The van der Waals surface area contributed by atoms with E-state index in [2.05, 4.69) is 43.1 Å². The van der Waals surface area contributed by atoms with Crippen LogP contribution in [0.15, 0.2) is 12.1 Å². The zero-order valence-corrected chi connectivity index (χ0v) is 13.9. The highest BCUT2D eigenvalue weighted by Gasteiger charge is 2.20. The minimum Gasteiger partial charge on any atom is -0.383 e. The Balaban J connectivity index is 2.15. The molecule has 4 nitrogen and oxygen atoms in total. The molecule has 2 rings (SSSR count). The van der Waals surface area contributed by atoms with E-state index in [0.717, 1.165) is 38.0 Å². The zero-order valence-electron chi connectivity index (χ0n) is 13.9. The molecule has 0 saturated heterocycles. The summed E-state index contributed by atoms with van der Waals surface area (Å²) >= 11 is 0. The molecule has 0 radical (unpaired) electrons. The van der Waals surface area contributed by atoms with Crippen LogP contribution < -0.4 is 10.2 Å². The maximum Gasteiger partial charge on any atom is 0.129 e. The number of aromatic nitrogens is 1. The van der Waals surface area contributed by atoms with Gasteiger partial charge in [0.2, 0.25) is 0 Å². The van der Waals surface area contributed by atoms with Crippen molar-refractivity contribution >= 4 is 5.82 Å². The van der Waals surface area contributed by atoms with Crippen molar-refractivity contribution in [1.29, 1.82) is 0 Å². The van der Waals surface area contributed by atoms with Crippen molar-refractivity contribution in [2.75, 3.05) is 25.2 Å². The summed E-state index contributed by atoms with van der Waals surface area (Å²) < 4.78 is 5.24. The molecule has 1 heterocycles. The fourth-order valence-corrected chi connectivity index (χ4v) is 2.44. The quantitative estimate of drug-likeness (QED) is 0.759. The van der Waals surface area contributed by atoms with Gasteiger partial charge >= 0.3 is 0 Å². The highest BCUT2D eigenvalue weighted by atomic mass is 16.5. The second kappa shape index (κ2) is 7.76. The molecule has 0 unspecified atom stereocenters. The second-order valence-electron chi connectivity index (χ2n) is 6.11. The molecule has 1 aliphatic rings. The van der Waals surface area contributed by atoms with Gasteiger partial charge in [-0.2, -0.15) is 0 Å². The third kappa shape index (κ3) is 4.97. The first-order valence-corrected chi connectivity index (χ1v) is 8.12. The predicted octanol–water partition coefficient (Wildman–Crippen LogP) is 2.76. The number of hydrogen-bond acceptors (Lipinski definition) is 4. The lowest BCUT2D eigenvalue weighted by Gasteiger charge is -2.28. The minimum atomic E-state index is 0.420. The average Bonchev–Trinajstić information content (AvgIpc) is 3.29. The molecule has 0 aliphatic heterocycles. The van der Waals surface area contributed by atoms with Crippen LogP contribution in [0.3, 0.4) is 0 Å².